The number of pyridine rings is 1. The second kappa shape index (κ2) is 6.44. The Morgan fingerprint density at radius 3 is 2.87 bits per heavy atom. The smallest absolute Gasteiger partial charge is 0.269 e. The van der Waals surface area contributed by atoms with E-state index in [1.54, 1.807) is 19.1 Å². The molecule has 1 aromatic rings. The van der Waals surface area contributed by atoms with Crippen molar-refractivity contribution < 1.29 is 14.3 Å². The van der Waals surface area contributed by atoms with Gasteiger partial charge in [0.25, 0.3) is 5.91 Å². The van der Waals surface area contributed by atoms with E-state index in [1.807, 2.05) is 0 Å². The van der Waals surface area contributed by atoms with E-state index in [4.69, 9.17) is 10.5 Å². The fourth-order valence-corrected chi connectivity index (χ4v) is 3.12. The van der Waals surface area contributed by atoms with Crippen LogP contribution in [0.15, 0.2) is 12.1 Å². The minimum absolute atomic E-state index is 0.0630. The van der Waals surface area contributed by atoms with Gasteiger partial charge in [-0.05, 0) is 31.9 Å². The molecule has 1 aliphatic carbocycles. The Hall–Kier alpha value is -2.31. The molecule has 1 atom stereocenters. The van der Waals surface area contributed by atoms with E-state index >= 15 is 0 Å². The van der Waals surface area contributed by atoms with E-state index in [-0.39, 0.29) is 30.2 Å². The highest BCUT2D eigenvalue weighted by atomic mass is 16.5. The maximum absolute atomic E-state index is 12.4. The lowest BCUT2D eigenvalue weighted by molar-refractivity contribution is -0.128. The number of nitrogen functional groups attached to an aromatic ring is 1. The number of nitrogens with two attached hydrogens (primary N) is 1. The zero-order valence-electron chi connectivity index (χ0n) is 13.2. The van der Waals surface area contributed by atoms with Crippen molar-refractivity contribution in [2.24, 2.45) is 0 Å². The van der Waals surface area contributed by atoms with Crippen molar-refractivity contribution in [3.63, 3.8) is 0 Å². The Balaban J connectivity index is 1.74. The highest BCUT2D eigenvalue weighted by Crippen LogP contribution is 2.32. The lowest BCUT2D eigenvalue weighted by atomic mass is 9.95. The molecule has 0 spiro atoms. The van der Waals surface area contributed by atoms with Gasteiger partial charge in [-0.15, -0.1) is 0 Å². The van der Waals surface area contributed by atoms with Crippen molar-refractivity contribution in [2.45, 2.75) is 51.2 Å². The quantitative estimate of drug-likeness (QED) is 0.873. The zero-order chi connectivity index (χ0) is 16.4. The summed E-state index contributed by atoms with van der Waals surface area (Å²) in [7, 11) is 0. The lowest BCUT2D eigenvalue weighted by Gasteiger charge is -2.32. The first kappa shape index (κ1) is 15.6. The van der Waals surface area contributed by atoms with Crippen LogP contribution in [0.5, 0.6) is 5.75 Å². The number of nitrogens with one attached hydrogen (secondary N) is 1. The zero-order valence-corrected chi connectivity index (χ0v) is 13.2. The number of carbonyl (C=O) groups is 2. The van der Waals surface area contributed by atoms with Crippen molar-refractivity contribution in [1.29, 1.82) is 0 Å². The minimum atomic E-state index is -0.643. The largest absolute Gasteiger partial charge is 0.477 e. The SMILES string of the molecule is CC1Oc2ccc(N)nc2N(CC(=O)NC2CCCCC2)C1=O. The Bertz CT molecular complexity index is 613. The van der Waals surface area contributed by atoms with Crippen molar-refractivity contribution >= 4 is 23.5 Å². The van der Waals surface area contributed by atoms with Gasteiger partial charge in [-0.25, -0.2) is 4.98 Å². The third-order valence-corrected chi connectivity index (χ3v) is 4.31. The van der Waals surface area contributed by atoms with Crippen LogP contribution < -0.4 is 20.7 Å². The summed E-state index contributed by atoms with van der Waals surface area (Å²) in [5.74, 6) is 0.611. The van der Waals surface area contributed by atoms with Crippen LogP contribution >= 0.6 is 0 Å². The van der Waals surface area contributed by atoms with E-state index in [2.05, 4.69) is 10.3 Å². The molecule has 0 radical (unpaired) electrons. The van der Waals surface area contributed by atoms with Crippen LogP contribution in [0.4, 0.5) is 11.6 Å². The normalized spacial score (nSPS) is 21.5. The number of hydrogen-bond donors (Lipinski definition) is 2. The second-order valence-electron chi connectivity index (χ2n) is 6.14. The molecule has 0 aromatic carbocycles. The molecule has 1 aromatic heterocycles. The molecule has 124 valence electrons. The average molecular weight is 318 g/mol. The standard InChI is InChI=1S/C16H22N4O3/c1-10-16(22)20(15-12(23-10)7-8-13(17)19-15)9-14(21)18-11-5-3-2-4-6-11/h7-8,10-11H,2-6,9H2,1H3,(H2,17,19)(H,18,21). The Labute approximate surface area is 135 Å². The summed E-state index contributed by atoms with van der Waals surface area (Å²) in [5, 5.41) is 3.01. The third kappa shape index (κ3) is 3.38. The van der Waals surface area contributed by atoms with Gasteiger partial charge in [-0.3, -0.25) is 14.5 Å². The fourth-order valence-electron chi connectivity index (χ4n) is 3.12. The van der Waals surface area contributed by atoms with Crippen LogP contribution in [0, 0.1) is 0 Å². The number of carbonyl (C=O) groups excluding carboxylic acids is 2. The van der Waals surface area contributed by atoms with Crippen molar-refractivity contribution in [3.05, 3.63) is 12.1 Å². The molecule has 1 saturated carbocycles. The monoisotopic (exact) mass is 318 g/mol. The first-order valence-electron chi connectivity index (χ1n) is 8.08. The number of nitrogens with zero attached hydrogens (tertiary/aromatic N) is 2. The molecule has 2 amide bonds. The molecule has 7 heteroatoms. The first-order chi connectivity index (χ1) is 11.0. The molecule has 3 N–H and O–H groups in total. The predicted octanol–water partition coefficient (Wildman–Crippen LogP) is 1.23. The fraction of sp³-hybridized carbons (Fsp3) is 0.562. The van der Waals surface area contributed by atoms with Crippen LogP contribution in [0.2, 0.25) is 0 Å². The van der Waals surface area contributed by atoms with Gasteiger partial charge in [-0.2, -0.15) is 0 Å². The lowest BCUT2D eigenvalue weighted by Crippen LogP contribution is -2.50. The van der Waals surface area contributed by atoms with E-state index in [0.29, 0.717) is 11.6 Å². The van der Waals surface area contributed by atoms with Crippen molar-refractivity contribution in [2.75, 3.05) is 17.2 Å². The van der Waals surface area contributed by atoms with Crippen LogP contribution in [0.1, 0.15) is 39.0 Å². The van der Waals surface area contributed by atoms with Gasteiger partial charge in [0.2, 0.25) is 5.91 Å². The van der Waals surface area contributed by atoms with Gasteiger partial charge in [0.05, 0.1) is 0 Å². The predicted molar refractivity (Wildman–Crippen MR) is 86.1 cm³/mol. The van der Waals surface area contributed by atoms with E-state index in [9.17, 15) is 9.59 Å². The summed E-state index contributed by atoms with van der Waals surface area (Å²) < 4.78 is 5.52. The van der Waals surface area contributed by atoms with Gasteiger partial charge in [0.15, 0.2) is 17.7 Å². The number of aromatic nitrogens is 1. The molecule has 2 heterocycles. The van der Waals surface area contributed by atoms with Crippen LogP contribution in [0.3, 0.4) is 0 Å². The summed E-state index contributed by atoms with van der Waals surface area (Å²) in [6.07, 6.45) is 4.86. The Morgan fingerprint density at radius 2 is 2.13 bits per heavy atom. The number of rotatable bonds is 3. The topological polar surface area (TPSA) is 97.6 Å². The molecule has 0 bridgehead atoms. The number of hydrogen-bond acceptors (Lipinski definition) is 5. The minimum Gasteiger partial charge on any atom is -0.477 e. The van der Waals surface area contributed by atoms with Gasteiger partial charge in [-0.1, -0.05) is 19.3 Å². The van der Waals surface area contributed by atoms with E-state index in [0.717, 1.165) is 25.7 Å². The molecule has 1 aliphatic heterocycles. The van der Waals surface area contributed by atoms with Gasteiger partial charge in [0.1, 0.15) is 12.4 Å². The average Bonchev–Trinajstić information content (AvgIpc) is 2.53. The molecular weight excluding hydrogens is 296 g/mol. The molecule has 2 aliphatic rings. The van der Waals surface area contributed by atoms with Crippen molar-refractivity contribution in [3.8, 4) is 5.75 Å². The third-order valence-electron chi connectivity index (χ3n) is 4.31. The Kier molecular flexibility index (Phi) is 4.36. The van der Waals surface area contributed by atoms with Gasteiger partial charge in [0, 0.05) is 6.04 Å². The molecular formula is C16H22N4O3. The highest BCUT2D eigenvalue weighted by molar-refractivity contribution is 6.02. The molecule has 3 rings (SSSR count). The summed E-state index contributed by atoms with van der Waals surface area (Å²) in [5.41, 5.74) is 5.70. The molecule has 23 heavy (non-hydrogen) atoms. The number of amides is 2. The van der Waals surface area contributed by atoms with Crippen LogP contribution in [0.25, 0.3) is 0 Å². The summed E-state index contributed by atoms with van der Waals surface area (Å²) >= 11 is 0. The maximum atomic E-state index is 12.4. The molecule has 1 fully saturated rings. The summed E-state index contributed by atoms with van der Waals surface area (Å²) in [6, 6.07) is 3.49. The first-order valence-corrected chi connectivity index (χ1v) is 8.08. The summed E-state index contributed by atoms with van der Waals surface area (Å²) in [4.78, 5) is 30.2. The molecule has 0 saturated heterocycles. The highest BCUT2D eigenvalue weighted by Gasteiger charge is 2.34. The van der Waals surface area contributed by atoms with Crippen LogP contribution in [-0.2, 0) is 9.59 Å². The molecule has 1 unspecified atom stereocenters. The van der Waals surface area contributed by atoms with Crippen LogP contribution in [-0.4, -0.2) is 35.5 Å². The second-order valence-corrected chi connectivity index (χ2v) is 6.14. The van der Waals surface area contributed by atoms with E-state index in [1.165, 1.54) is 11.3 Å². The number of anilines is 2. The molecule has 7 nitrogen and oxygen atoms in total. The Morgan fingerprint density at radius 1 is 1.39 bits per heavy atom. The van der Waals surface area contributed by atoms with Gasteiger partial charge >= 0.3 is 0 Å². The maximum Gasteiger partial charge on any atom is 0.269 e. The number of ether oxygens (including phenoxy) is 1. The van der Waals surface area contributed by atoms with Crippen molar-refractivity contribution in [1.82, 2.24) is 10.3 Å². The van der Waals surface area contributed by atoms with Gasteiger partial charge < -0.3 is 15.8 Å². The number of fused-ring (bicyclic) bond motifs is 1. The van der Waals surface area contributed by atoms with E-state index < -0.39 is 6.10 Å². The summed E-state index contributed by atoms with van der Waals surface area (Å²) in [6.45, 7) is 1.60.